The zero-order valence-corrected chi connectivity index (χ0v) is 18.3. The Balaban J connectivity index is 2.70. The Labute approximate surface area is 138 Å². The van der Waals surface area contributed by atoms with Gasteiger partial charge in [-0.3, -0.25) is 0 Å². The highest BCUT2D eigenvalue weighted by atomic mass is 35.6. The van der Waals surface area contributed by atoms with Crippen molar-refractivity contribution in [2.45, 2.75) is 55.2 Å². The van der Waals surface area contributed by atoms with Gasteiger partial charge in [0.1, 0.15) is 0 Å². The van der Waals surface area contributed by atoms with Crippen LogP contribution < -0.4 is 0 Å². The van der Waals surface area contributed by atoms with Gasteiger partial charge in [0, 0.05) is 9.32 Å². The van der Waals surface area contributed by atoms with Crippen molar-refractivity contribution in [2.24, 2.45) is 0 Å². The Hall–Kier alpha value is -0.0994. The van der Waals surface area contributed by atoms with Crippen LogP contribution in [0, 0.1) is 0 Å². The van der Waals surface area contributed by atoms with E-state index in [-0.39, 0.29) is 9.32 Å². The Morgan fingerprint density at radius 3 is 1.00 bits per heavy atom. The van der Waals surface area contributed by atoms with Crippen LogP contribution in [0.1, 0.15) is 0 Å². The summed E-state index contributed by atoms with van der Waals surface area (Å²) in [7, 11) is -5.15. The van der Waals surface area contributed by atoms with Gasteiger partial charge in [0.15, 0.2) is 7.38 Å². The molecule has 0 aliphatic heterocycles. The molecule has 4 heteroatoms. The molecule has 0 nitrogen and oxygen atoms in total. The fourth-order valence-electron chi connectivity index (χ4n) is 4.32. The van der Waals surface area contributed by atoms with Crippen molar-refractivity contribution >= 4 is 34.6 Å². The molecule has 0 aromatic heterocycles. The Kier molecular flexibility index (Phi) is 4.07. The van der Waals surface area contributed by atoms with Crippen molar-refractivity contribution in [3.63, 3.8) is 0 Å². The second-order valence-electron chi connectivity index (χ2n) is 8.68. The summed E-state index contributed by atoms with van der Waals surface area (Å²) in [5.41, 5.74) is 0. The van der Waals surface area contributed by atoms with Crippen molar-refractivity contribution in [3.8, 4) is 0 Å². The second-order valence-corrected chi connectivity index (χ2v) is 26.3. The smallest absolute Gasteiger partial charge is 0.165 e. The lowest BCUT2D eigenvalue weighted by atomic mass is 10.4. The molecular weight excluding hydrogens is 324 g/mol. The maximum absolute atomic E-state index is 7.63. The van der Waals surface area contributed by atoms with E-state index in [4.69, 9.17) is 11.1 Å². The summed E-state index contributed by atoms with van der Waals surface area (Å²) in [6.45, 7) is 17.3. The average Bonchev–Trinajstić information content (AvgIpc) is 2.98. The molecule has 2 rings (SSSR count). The van der Waals surface area contributed by atoms with Crippen LogP contribution in [-0.2, 0) is 0 Å². The monoisotopic (exact) mass is 352 g/mol. The molecule has 2 aliphatic carbocycles. The van der Waals surface area contributed by atoms with Crippen LogP contribution in [0.5, 0.6) is 0 Å². The molecule has 0 amide bonds. The first-order chi connectivity index (χ1) is 9.41. The van der Waals surface area contributed by atoms with Gasteiger partial charge in [-0.1, -0.05) is 94.4 Å². The van der Waals surface area contributed by atoms with Crippen molar-refractivity contribution < 1.29 is 0 Å². The van der Waals surface area contributed by atoms with E-state index in [0.29, 0.717) is 0 Å². The summed E-state index contributed by atoms with van der Waals surface area (Å²) in [5, 5.41) is 0. The van der Waals surface area contributed by atoms with Gasteiger partial charge in [-0.25, -0.2) is 0 Å². The van der Waals surface area contributed by atoms with Crippen LogP contribution in [-0.4, -0.2) is 23.5 Å². The lowest BCUT2D eigenvalue weighted by Gasteiger charge is -2.57. The van der Waals surface area contributed by atoms with Gasteiger partial charge in [-0.05, 0) is 0 Å². The summed E-state index contributed by atoms with van der Waals surface area (Å²) in [4.78, 5) is 0. The lowest BCUT2D eigenvalue weighted by molar-refractivity contribution is 1.01. The van der Waals surface area contributed by atoms with Crippen molar-refractivity contribution in [2.75, 3.05) is 0 Å². The van der Waals surface area contributed by atoms with Gasteiger partial charge >= 0.3 is 0 Å². The molecular formula is C17H29ClSi3. The maximum atomic E-state index is 7.63. The van der Waals surface area contributed by atoms with Gasteiger partial charge in [-0.2, -0.15) is 11.1 Å². The summed E-state index contributed by atoms with van der Waals surface area (Å²) in [6, 6.07) is 0. The second kappa shape index (κ2) is 4.95. The van der Waals surface area contributed by atoms with Crippen molar-refractivity contribution in [1.29, 1.82) is 0 Å². The first kappa shape index (κ1) is 17.3. The number of rotatable bonds is 4. The first-order valence-corrected chi connectivity index (χ1v) is 18.4. The molecule has 0 aromatic carbocycles. The van der Waals surface area contributed by atoms with E-state index in [0.717, 1.165) is 0 Å². The largest absolute Gasteiger partial charge is 0.175 e. The molecule has 0 fully saturated rings. The summed E-state index contributed by atoms with van der Waals surface area (Å²) >= 11 is 7.63. The third-order valence-corrected chi connectivity index (χ3v) is 25.4. The predicted molar refractivity (Wildman–Crippen MR) is 106 cm³/mol. The Bertz CT molecular complexity index is 467. The van der Waals surface area contributed by atoms with Crippen LogP contribution in [0.4, 0.5) is 0 Å². The van der Waals surface area contributed by atoms with E-state index in [1.807, 2.05) is 0 Å². The molecule has 0 saturated carbocycles. The molecule has 0 saturated heterocycles. The minimum Gasteiger partial charge on any atom is -0.165 e. The van der Waals surface area contributed by atoms with Crippen LogP contribution in [0.15, 0.2) is 48.6 Å². The zero-order chi connectivity index (χ0) is 16.2. The number of hydrogen-bond donors (Lipinski definition) is 0. The van der Waals surface area contributed by atoms with Crippen LogP contribution >= 0.6 is 11.1 Å². The minimum atomic E-state index is -2.16. The van der Waals surface area contributed by atoms with E-state index in [2.05, 4.69) is 94.4 Å². The molecule has 116 valence electrons. The van der Waals surface area contributed by atoms with E-state index in [1.54, 1.807) is 0 Å². The highest BCUT2D eigenvalue weighted by Gasteiger charge is 2.66. The highest BCUT2D eigenvalue weighted by molar-refractivity contribution is 7.33. The number of allylic oxidation sites excluding steroid dienone is 8. The van der Waals surface area contributed by atoms with Gasteiger partial charge in [0.25, 0.3) is 0 Å². The van der Waals surface area contributed by atoms with Gasteiger partial charge in [0.2, 0.25) is 0 Å². The van der Waals surface area contributed by atoms with E-state index >= 15 is 0 Å². The van der Waals surface area contributed by atoms with Gasteiger partial charge in [0.05, 0.1) is 16.1 Å². The molecule has 0 bridgehead atoms. The number of halogens is 1. The Morgan fingerprint density at radius 2 is 0.810 bits per heavy atom. The average molecular weight is 353 g/mol. The molecule has 0 unspecified atom stereocenters. The fourth-order valence-corrected chi connectivity index (χ4v) is 27.8. The highest BCUT2D eigenvalue weighted by Crippen LogP contribution is 2.66. The third-order valence-electron chi connectivity index (χ3n) is 5.69. The van der Waals surface area contributed by atoms with Crippen LogP contribution in [0.25, 0.3) is 0 Å². The fraction of sp³-hybridized carbons (Fsp3) is 0.529. The van der Waals surface area contributed by atoms with E-state index in [1.165, 1.54) is 0 Å². The van der Waals surface area contributed by atoms with Crippen molar-refractivity contribution in [1.82, 2.24) is 0 Å². The predicted octanol–water partition coefficient (Wildman–Crippen LogP) is 6.29. The first-order valence-electron chi connectivity index (χ1n) is 7.84. The molecule has 0 aromatic rings. The third kappa shape index (κ3) is 2.19. The normalized spacial score (nSPS) is 23.2. The minimum absolute atomic E-state index is 0.126. The maximum Gasteiger partial charge on any atom is 0.175 e. The van der Waals surface area contributed by atoms with E-state index in [9.17, 15) is 0 Å². The van der Waals surface area contributed by atoms with Crippen LogP contribution in [0.3, 0.4) is 0 Å². The van der Waals surface area contributed by atoms with Gasteiger partial charge < -0.3 is 0 Å². The molecule has 0 N–H and O–H groups in total. The quantitative estimate of drug-likeness (QED) is 0.412. The molecule has 2 aliphatic rings. The van der Waals surface area contributed by atoms with Crippen LogP contribution in [0.2, 0.25) is 55.2 Å². The van der Waals surface area contributed by atoms with E-state index < -0.39 is 23.5 Å². The molecule has 0 heterocycles. The lowest BCUT2D eigenvalue weighted by Crippen LogP contribution is -2.63. The molecule has 21 heavy (non-hydrogen) atoms. The number of hydrogen-bond acceptors (Lipinski definition) is 0. The Morgan fingerprint density at radius 1 is 0.571 bits per heavy atom. The standard InChI is InChI=1S/C17H29ClSi3/c1-19(2,3)16(12-8-9-13-16)21(7,18)17(20(4,5)6)14-10-11-15-17/h8-15H,1-7H3. The molecule has 0 atom stereocenters. The SMILES string of the molecule is C[Si](C)(C)C1([Si](C)(Cl)C2([Si](C)(C)C)C=CC=C2)C=CC=C1. The topological polar surface area (TPSA) is 0 Å². The molecule has 0 spiro atoms. The zero-order valence-electron chi connectivity index (χ0n) is 14.5. The summed E-state index contributed by atoms with van der Waals surface area (Å²) in [5.74, 6) is 0. The van der Waals surface area contributed by atoms with Gasteiger partial charge in [-0.15, -0.1) is 0 Å². The summed E-state index contributed by atoms with van der Waals surface area (Å²) in [6.07, 6.45) is 18.7. The van der Waals surface area contributed by atoms with Crippen molar-refractivity contribution in [3.05, 3.63) is 48.6 Å². The summed E-state index contributed by atoms with van der Waals surface area (Å²) < 4.78 is 0.252. The molecule has 0 radical (unpaired) electrons.